The lowest BCUT2D eigenvalue weighted by atomic mass is 9.93. The van der Waals surface area contributed by atoms with Gasteiger partial charge in [0.15, 0.2) is 0 Å². The van der Waals surface area contributed by atoms with E-state index in [4.69, 9.17) is 5.73 Å². The molecule has 0 spiro atoms. The fourth-order valence-corrected chi connectivity index (χ4v) is 3.07. The summed E-state index contributed by atoms with van der Waals surface area (Å²) in [5.41, 5.74) is 10.6. The number of nitrogens with zero attached hydrogens (tertiary/aromatic N) is 2. The number of pyridine rings is 1. The van der Waals surface area contributed by atoms with E-state index in [1.807, 2.05) is 0 Å². The number of anilines is 1. The fourth-order valence-electron chi connectivity index (χ4n) is 3.07. The summed E-state index contributed by atoms with van der Waals surface area (Å²) < 4.78 is 0. The summed E-state index contributed by atoms with van der Waals surface area (Å²) in [6.45, 7) is 4.70. The summed E-state index contributed by atoms with van der Waals surface area (Å²) in [7, 11) is 2.21. The minimum Gasteiger partial charge on any atom is -0.371 e. The molecule has 100 valence electrons. The monoisotopic (exact) mass is 247 g/mol. The third-order valence-corrected chi connectivity index (χ3v) is 4.14. The quantitative estimate of drug-likeness (QED) is 0.893. The van der Waals surface area contributed by atoms with Crippen molar-refractivity contribution in [2.75, 3.05) is 11.9 Å². The second kappa shape index (κ2) is 5.70. The molecular formula is C15H25N3. The molecule has 1 saturated carbocycles. The third-order valence-electron chi connectivity index (χ3n) is 4.14. The predicted octanol–water partition coefficient (Wildman–Crippen LogP) is 2.93. The molecule has 1 aliphatic rings. The van der Waals surface area contributed by atoms with Gasteiger partial charge in [-0.1, -0.05) is 19.3 Å². The topological polar surface area (TPSA) is 42.1 Å². The average Bonchev–Trinajstić information content (AvgIpc) is 2.38. The molecule has 18 heavy (non-hydrogen) atoms. The summed E-state index contributed by atoms with van der Waals surface area (Å²) in [6, 6.07) is 2.86. The molecule has 0 bridgehead atoms. The van der Waals surface area contributed by atoms with Crippen LogP contribution in [0.5, 0.6) is 0 Å². The predicted molar refractivity (Wildman–Crippen MR) is 76.9 cm³/mol. The van der Waals surface area contributed by atoms with Crippen LogP contribution >= 0.6 is 0 Å². The van der Waals surface area contributed by atoms with E-state index in [1.54, 1.807) is 0 Å². The maximum absolute atomic E-state index is 5.90. The summed E-state index contributed by atoms with van der Waals surface area (Å²) in [5.74, 6) is 0. The first kappa shape index (κ1) is 13.3. The Hall–Kier alpha value is -1.09. The molecule has 0 saturated heterocycles. The van der Waals surface area contributed by atoms with Gasteiger partial charge >= 0.3 is 0 Å². The van der Waals surface area contributed by atoms with E-state index in [1.165, 1.54) is 43.4 Å². The second-order valence-corrected chi connectivity index (χ2v) is 5.45. The normalized spacial score (nSPS) is 16.9. The van der Waals surface area contributed by atoms with Crippen LogP contribution in [0.25, 0.3) is 0 Å². The zero-order valence-electron chi connectivity index (χ0n) is 11.9. The van der Waals surface area contributed by atoms with Crippen molar-refractivity contribution >= 4 is 5.69 Å². The molecule has 2 rings (SSSR count). The van der Waals surface area contributed by atoms with Gasteiger partial charge in [0.05, 0.1) is 0 Å². The first-order valence-electron chi connectivity index (χ1n) is 7.03. The summed E-state index contributed by atoms with van der Waals surface area (Å²) >= 11 is 0. The molecule has 1 aliphatic carbocycles. The smallest absolute Gasteiger partial charge is 0.0448 e. The van der Waals surface area contributed by atoms with Gasteiger partial charge in [-0.3, -0.25) is 4.98 Å². The lowest BCUT2D eigenvalue weighted by Gasteiger charge is -2.34. The highest BCUT2D eigenvalue weighted by atomic mass is 15.1. The molecule has 1 heterocycles. The Labute approximate surface area is 110 Å². The van der Waals surface area contributed by atoms with Gasteiger partial charge in [0, 0.05) is 42.3 Å². The standard InChI is InChI=1S/C15H25N3/c1-11-9-15(14(10-16)12(2)17-11)18(3)13-7-5-4-6-8-13/h9,13H,4-8,10,16H2,1-3H3. The van der Waals surface area contributed by atoms with Crippen LogP contribution in [0.1, 0.15) is 49.1 Å². The SMILES string of the molecule is Cc1cc(N(C)C2CCCCC2)c(CN)c(C)n1. The highest BCUT2D eigenvalue weighted by molar-refractivity contribution is 5.56. The van der Waals surface area contributed by atoms with E-state index in [-0.39, 0.29) is 0 Å². The molecule has 0 amide bonds. The van der Waals surface area contributed by atoms with Crippen molar-refractivity contribution in [2.24, 2.45) is 5.73 Å². The fraction of sp³-hybridized carbons (Fsp3) is 0.667. The largest absolute Gasteiger partial charge is 0.371 e. The molecule has 0 atom stereocenters. The van der Waals surface area contributed by atoms with Gasteiger partial charge in [-0.25, -0.2) is 0 Å². The molecule has 0 radical (unpaired) electrons. The Morgan fingerprint density at radius 2 is 1.94 bits per heavy atom. The van der Waals surface area contributed by atoms with Crippen LogP contribution < -0.4 is 10.6 Å². The molecule has 1 aromatic rings. The van der Waals surface area contributed by atoms with Crippen LogP contribution in [-0.2, 0) is 6.54 Å². The Morgan fingerprint density at radius 3 is 2.56 bits per heavy atom. The zero-order valence-corrected chi connectivity index (χ0v) is 11.9. The third kappa shape index (κ3) is 2.66. The van der Waals surface area contributed by atoms with E-state index in [0.29, 0.717) is 12.6 Å². The van der Waals surface area contributed by atoms with E-state index < -0.39 is 0 Å². The number of hydrogen-bond donors (Lipinski definition) is 1. The number of nitrogens with two attached hydrogens (primary N) is 1. The van der Waals surface area contributed by atoms with E-state index >= 15 is 0 Å². The van der Waals surface area contributed by atoms with Crippen LogP contribution in [0.3, 0.4) is 0 Å². The minimum atomic E-state index is 0.575. The van der Waals surface area contributed by atoms with Gasteiger partial charge in [0.2, 0.25) is 0 Å². The summed E-state index contributed by atoms with van der Waals surface area (Å²) in [6.07, 6.45) is 6.72. The highest BCUT2D eigenvalue weighted by Crippen LogP contribution is 2.29. The maximum Gasteiger partial charge on any atom is 0.0448 e. The van der Waals surface area contributed by atoms with Crippen LogP contribution in [0.2, 0.25) is 0 Å². The average molecular weight is 247 g/mol. The van der Waals surface area contributed by atoms with Gasteiger partial charge in [-0.2, -0.15) is 0 Å². The molecule has 0 aromatic carbocycles. The maximum atomic E-state index is 5.90. The molecule has 3 nitrogen and oxygen atoms in total. The van der Waals surface area contributed by atoms with Gasteiger partial charge in [0.1, 0.15) is 0 Å². The van der Waals surface area contributed by atoms with Crippen molar-refractivity contribution in [3.05, 3.63) is 23.0 Å². The second-order valence-electron chi connectivity index (χ2n) is 5.45. The Morgan fingerprint density at radius 1 is 1.28 bits per heavy atom. The van der Waals surface area contributed by atoms with Crippen LogP contribution in [0, 0.1) is 13.8 Å². The van der Waals surface area contributed by atoms with Crippen molar-refractivity contribution in [3.63, 3.8) is 0 Å². The highest BCUT2D eigenvalue weighted by Gasteiger charge is 2.21. The zero-order chi connectivity index (χ0) is 13.1. The lowest BCUT2D eigenvalue weighted by molar-refractivity contribution is 0.427. The molecule has 1 fully saturated rings. The molecule has 2 N–H and O–H groups in total. The first-order valence-corrected chi connectivity index (χ1v) is 7.03. The minimum absolute atomic E-state index is 0.575. The van der Waals surface area contributed by atoms with E-state index in [2.05, 4.69) is 36.8 Å². The van der Waals surface area contributed by atoms with Crippen molar-refractivity contribution in [3.8, 4) is 0 Å². The number of hydrogen-bond acceptors (Lipinski definition) is 3. The molecule has 1 aromatic heterocycles. The van der Waals surface area contributed by atoms with Crippen molar-refractivity contribution in [1.29, 1.82) is 0 Å². The van der Waals surface area contributed by atoms with Gasteiger partial charge < -0.3 is 10.6 Å². The molecule has 0 aliphatic heterocycles. The van der Waals surface area contributed by atoms with Gasteiger partial charge in [-0.15, -0.1) is 0 Å². The summed E-state index contributed by atoms with van der Waals surface area (Å²) in [4.78, 5) is 6.96. The van der Waals surface area contributed by atoms with E-state index in [9.17, 15) is 0 Å². The van der Waals surface area contributed by atoms with Crippen LogP contribution in [-0.4, -0.2) is 18.1 Å². The van der Waals surface area contributed by atoms with Crippen LogP contribution in [0.4, 0.5) is 5.69 Å². The number of aromatic nitrogens is 1. The Balaban J connectivity index is 2.30. The van der Waals surface area contributed by atoms with E-state index in [0.717, 1.165) is 11.4 Å². The molecule has 3 heteroatoms. The van der Waals surface area contributed by atoms with Crippen molar-refractivity contribution < 1.29 is 0 Å². The summed E-state index contributed by atoms with van der Waals surface area (Å²) in [5, 5.41) is 0. The lowest BCUT2D eigenvalue weighted by Crippen LogP contribution is -2.34. The van der Waals surface area contributed by atoms with Crippen molar-refractivity contribution in [1.82, 2.24) is 4.98 Å². The molecular weight excluding hydrogens is 222 g/mol. The molecule has 0 unspecified atom stereocenters. The number of rotatable bonds is 3. The Kier molecular flexibility index (Phi) is 4.23. The van der Waals surface area contributed by atoms with Crippen molar-refractivity contribution in [2.45, 2.75) is 58.5 Å². The first-order chi connectivity index (χ1) is 8.63. The number of aryl methyl sites for hydroxylation is 2. The van der Waals surface area contributed by atoms with Gasteiger partial charge in [-0.05, 0) is 32.8 Å². The van der Waals surface area contributed by atoms with Gasteiger partial charge in [0.25, 0.3) is 0 Å². The van der Waals surface area contributed by atoms with Crippen LogP contribution in [0.15, 0.2) is 6.07 Å². The Bertz CT molecular complexity index is 408.